The second kappa shape index (κ2) is 8.37. The van der Waals surface area contributed by atoms with Gasteiger partial charge in [-0.3, -0.25) is 0 Å². The van der Waals surface area contributed by atoms with Gasteiger partial charge in [-0.1, -0.05) is 13.0 Å². The number of anilines is 1. The summed E-state index contributed by atoms with van der Waals surface area (Å²) in [6.45, 7) is 4.00. The van der Waals surface area contributed by atoms with Gasteiger partial charge in [0.25, 0.3) is 0 Å². The molecule has 0 aliphatic rings. The van der Waals surface area contributed by atoms with Gasteiger partial charge < -0.3 is 10.8 Å². The molecule has 3 heteroatoms. The first-order valence-electron chi connectivity index (χ1n) is 5.10. The molecular weight excluding hydrogens is 202 g/mol. The number of nitrogens with two attached hydrogens (primary N) is 1. The minimum Gasteiger partial charge on any atom is -0.478 e. The third-order valence-electron chi connectivity index (χ3n) is 1.69. The van der Waals surface area contributed by atoms with E-state index in [-0.39, 0.29) is 5.56 Å². The summed E-state index contributed by atoms with van der Waals surface area (Å²) in [5.74, 6) is 4.81. The van der Waals surface area contributed by atoms with E-state index in [1.807, 2.05) is 6.92 Å². The van der Waals surface area contributed by atoms with Crippen LogP contribution in [0.5, 0.6) is 0 Å². The SMILES string of the molecule is CC#CCCC.Nc1cccc(C(=O)O)c1. The van der Waals surface area contributed by atoms with E-state index in [4.69, 9.17) is 10.8 Å². The number of nitrogen functional groups attached to an aromatic ring is 1. The quantitative estimate of drug-likeness (QED) is 0.594. The summed E-state index contributed by atoms with van der Waals surface area (Å²) in [5.41, 5.74) is 6.03. The average Bonchev–Trinajstić information content (AvgIpc) is 2.27. The van der Waals surface area contributed by atoms with Gasteiger partial charge in [0.15, 0.2) is 0 Å². The summed E-state index contributed by atoms with van der Waals surface area (Å²) in [6, 6.07) is 6.17. The molecule has 1 rings (SSSR count). The molecule has 3 N–H and O–H groups in total. The lowest BCUT2D eigenvalue weighted by molar-refractivity contribution is 0.0697. The molecule has 16 heavy (non-hydrogen) atoms. The standard InChI is InChI=1S/C7H7NO2.C6H10/c8-6-3-1-2-5(4-6)7(9)10;1-3-5-6-4-2/h1-4H,8H2,(H,9,10);3,5H2,1-2H3. The fourth-order valence-electron chi connectivity index (χ4n) is 0.922. The van der Waals surface area contributed by atoms with Gasteiger partial charge in [0, 0.05) is 12.1 Å². The van der Waals surface area contributed by atoms with Crippen LogP contribution < -0.4 is 5.73 Å². The molecule has 0 aromatic heterocycles. The van der Waals surface area contributed by atoms with E-state index in [0.29, 0.717) is 5.69 Å². The van der Waals surface area contributed by atoms with E-state index >= 15 is 0 Å². The van der Waals surface area contributed by atoms with Crippen molar-refractivity contribution < 1.29 is 9.90 Å². The molecule has 0 spiro atoms. The minimum absolute atomic E-state index is 0.222. The number of rotatable bonds is 2. The average molecular weight is 219 g/mol. The van der Waals surface area contributed by atoms with Crippen molar-refractivity contribution >= 4 is 11.7 Å². The summed E-state index contributed by atoms with van der Waals surface area (Å²) >= 11 is 0. The Labute approximate surface area is 96.3 Å². The van der Waals surface area contributed by atoms with E-state index < -0.39 is 5.97 Å². The molecule has 86 valence electrons. The Bertz CT molecular complexity index is 388. The molecule has 0 fully saturated rings. The Morgan fingerprint density at radius 2 is 2.19 bits per heavy atom. The maximum Gasteiger partial charge on any atom is 0.335 e. The van der Waals surface area contributed by atoms with Crippen LogP contribution in [0.15, 0.2) is 24.3 Å². The third-order valence-corrected chi connectivity index (χ3v) is 1.69. The number of carboxylic acid groups (broad SMARTS) is 1. The van der Waals surface area contributed by atoms with Crippen LogP contribution in [0.25, 0.3) is 0 Å². The van der Waals surface area contributed by atoms with E-state index in [9.17, 15) is 4.79 Å². The first-order chi connectivity index (χ1) is 7.61. The molecule has 0 amide bonds. The monoisotopic (exact) mass is 219 g/mol. The molecule has 0 heterocycles. The molecule has 0 bridgehead atoms. The number of benzene rings is 1. The van der Waals surface area contributed by atoms with Gasteiger partial charge in [0.2, 0.25) is 0 Å². The Kier molecular flexibility index (Phi) is 7.35. The van der Waals surface area contributed by atoms with Crippen LogP contribution in [0.4, 0.5) is 5.69 Å². The van der Waals surface area contributed by atoms with Gasteiger partial charge >= 0.3 is 5.97 Å². The summed E-state index contributed by atoms with van der Waals surface area (Å²) in [6.07, 6.45) is 2.23. The molecule has 1 aromatic carbocycles. The molecular formula is C13H17NO2. The summed E-state index contributed by atoms with van der Waals surface area (Å²) < 4.78 is 0. The lowest BCUT2D eigenvalue weighted by Crippen LogP contribution is -1.96. The summed E-state index contributed by atoms with van der Waals surface area (Å²) in [4.78, 5) is 10.3. The normalized spacial score (nSPS) is 8.12. The zero-order chi connectivity index (χ0) is 12.4. The number of carbonyl (C=O) groups is 1. The zero-order valence-electron chi connectivity index (χ0n) is 9.66. The maximum atomic E-state index is 10.3. The number of aromatic carboxylic acids is 1. The number of hydrogen-bond acceptors (Lipinski definition) is 2. The van der Waals surface area contributed by atoms with Gasteiger partial charge in [-0.2, -0.15) is 0 Å². The molecule has 1 aromatic rings. The highest BCUT2D eigenvalue weighted by atomic mass is 16.4. The summed E-state index contributed by atoms with van der Waals surface area (Å²) in [7, 11) is 0. The topological polar surface area (TPSA) is 63.3 Å². The Morgan fingerprint density at radius 1 is 1.50 bits per heavy atom. The summed E-state index contributed by atoms with van der Waals surface area (Å²) in [5, 5.41) is 8.45. The predicted octanol–water partition coefficient (Wildman–Crippen LogP) is 2.78. The fraction of sp³-hybridized carbons (Fsp3) is 0.308. The van der Waals surface area contributed by atoms with E-state index in [0.717, 1.165) is 6.42 Å². The highest BCUT2D eigenvalue weighted by Crippen LogP contribution is 2.05. The fourth-order valence-corrected chi connectivity index (χ4v) is 0.922. The van der Waals surface area contributed by atoms with Gasteiger partial charge in [0.05, 0.1) is 5.56 Å². The molecule has 0 aliphatic heterocycles. The van der Waals surface area contributed by atoms with Gasteiger partial charge in [-0.05, 0) is 31.5 Å². The van der Waals surface area contributed by atoms with Crippen LogP contribution in [0.1, 0.15) is 37.0 Å². The second-order valence-electron chi connectivity index (χ2n) is 3.11. The Balaban J connectivity index is 0.000000325. The van der Waals surface area contributed by atoms with Crippen molar-refractivity contribution in [2.75, 3.05) is 5.73 Å². The number of hydrogen-bond donors (Lipinski definition) is 2. The van der Waals surface area contributed by atoms with Crippen LogP contribution in [0.3, 0.4) is 0 Å². The van der Waals surface area contributed by atoms with Crippen LogP contribution in [-0.4, -0.2) is 11.1 Å². The molecule has 0 unspecified atom stereocenters. The van der Waals surface area contributed by atoms with Crippen molar-refractivity contribution in [2.45, 2.75) is 26.7 Å². The molecule has 0 radical (unpaired) electrons. The molecule has 0 saturated heterocycles. The van der Waals surface area contributed by atoms with Crippen molar-refractivity contribution in [1.29, 1.82) is 0 Å². The lowest BCUT2D eigenvalue weighted by Gasteiger charge is -1.93. The zero-order valence-corrected chi connectivity index (χ0v) is 9.66. The van der Waals surface area contributed by atoms with Crippen molar-refractivity contribution in [3.63, 3.8) is 0 Å². The number of unbranched alkanes of at least 4 members (excludes halogenated alkanes) is 1. The first kappa shape index (κ1) is 14.1. The molecule has 0 aliphatic carbocycles. The number of carboxylic acids is 1. The highest BCUT2D eigenvalue weighted by molar-refractivity contribution is 5.88. The Morgan fingerprint density at radius 3 is 2.50 bits per heavy atom. The van der Waals surface area contributed by atoms with Crippen LogP contribution in [-0.2, 0) is 0 Å². The van der Waals surface area contributed by atoms with E-state index in [1.54, 1.807) is 12.1 Å². The van der Waals surface area contributed by atoms with Crippen molar-refractivity contribution in [3.05, 3.63) is 29.8 Å². The highest BCUT2D eigenvalue weighted by Gasteiger charge is 1.99. The van der Waals surface area contributed by atoms with Crippen LogP contribution in [0, 0.1) is 11.8 Å². The third kappa shape index (κ3) is 6.50. The minimum atomic E-state index is -0.952. The van der Waals surface area contributed by atoms with E-state index in [2.05, 4.69) is 18.8 Å². The van der Waals surface area contributed by atoms with E-state index in [1.165, 1.54) is 18.6 Å². The largest absolute Gasteiger partial charge is 0.478 e. The van der Waals surface area contributed by atoms with Crippen LogP contribution in [0.2, 0.25) is 0 Å². The van der Waals surface area contributed by atoms with Gasteiger partial charge in [0.1, 0.15) is 0 Å². The van der Waals surface area contributed by atoms with Gasteiger partial charge in [-0.15, -0.1) is 11.8 Å². The smallest absolute Gasteiger partial charge is 0.335 e. The Hall–Kier alpha value is -1.95. The van der Waals surface area contributed by atoms with Crippen molar-refractivity contribution in [2.24, 2.45) is 0 Å². The first-order valence-corrected chi connectivity index (χ1v) is 5.10. The molecule has 0 atom stereocenters. The van der Waals surface area contributed by atoms with Crippen molar-refractivity contribution in [1.82, 2.24) is 0 Å². The van der Waals surface area contributed by atoms with Crippen molar-refractivity contribution in [3.8, 4) is 11.8 Å². The predicted molar refractivity (Wildman–Crippen MR) is 66.2 cm³/mol. The molecule has 0 saturated carbocycles. The van der Waals surface area contributed by atoms with Crippen LogP contribution >= 0.6 is 0 Å². The molecule has 3 nitrogen and oxygen atoms in total. The lowest BCUT2D eigenvalue weighted by atomic mass is 10.2. The van der Waals surface area contributed by atoms with Gasteiger partial charge in [-0.25, -0.2) is 4.79 Å². The second-order valence-corrected chi connectivity index (χ2v) is 3.11. The maximum absolute atomic E-state index is 10.3.